The highest BCUT2D eigenvalue weighted by molar-refractivity contribution is 5.09. The predicted molar refractivity (Wildman–Crippen MR) is 58.8 cm³/mol. The molecular weight excluding hydrogens is 188 g/mol. The van der Waals surface area contributed by atoms with Crippen LogP contribution < -0.4 is 5.56 Å². The van der Waals surface area contributed by atoms with Crippen LogP contribution in [0, 0.1) is 6.92 Å². The molecule has 0 spiro atoms. The van der Waals surface area contributed by atoms with Crippen LogP contribution in [0.3, 0.4) is 0 Å². The van der Waals surface area contributed by atoms with Crippen LogP contribution in [0.1, 0.15) is 11.4 Å². The van der Waals surface area contributed by atoms with Gasteiger partial charge in [0.1, 0.15) is 0 Å². The van der Waals surface area contributed by atoms with Crippen LogP contribution in [0.25, 0.3) is 0 Å². The Morgan fingerprint density at radius 1 is 1.20 bits per heavy atom. The number of hydrogen-bond acceptors (Lipinski definition) is 2. The summed E-state index contributed by atoms with van der Waals surface area (Å²) in [5.41, 5.74) is 1.86. The Morgan fingerprint density at radius 3 is 2.73 bits per heavy atom. The Balaban J connectivity index is 2.37. The summed E-state index contributed by atoms with van der Waals surface area (Å²) in [6.45, 7) is 2.46. The molecule has 0 aliphatic heterocycles. The molecule has 2 heterocycles. The number of aromatic nitrogens is 2. The lowest BCUT2D eigenvalue weighted by Gasteiger charge is -2.07. The lowest BCUT2D eigenvalue weighted by molar-refractivity contribution is 0.713. The molecule has 0 radical (unpaired) electrons. The van der Waals surface area contributed by atoms with Gasteiger partial charge in [0.25, 0.3) is 5.56 Å². The SMILES string of the molecule is Cc1cccc(=O)n1Cc1ccccn1. The zero-order valence-electron chi connectivity index (χ0n) is 8.55. The molecule has 0 saturated carbocycles. The Bertz CT molecular complexity index is 503. The van der Waals surface area contributed by atoms with E-state index in [1.54, 1.807) is 22.9 Å². The second kappa shape index (κ2) is 4.09. The van der Waals surface area contributed by atoms with E-state index in [9.17, 15) is 4.79 Å². The predicted octanol–water partition coefficient (Wildman–Crippen LogP) is 1.60. The van der Waals surface area contributed by atoms with Crippen LogP contribution in [0.2, 0.25) is 0 Å². The van der Waals surface area contributed by atoms with Gasteiger partial charge in [-0.15, -0.1) is 0 Å². The average Bonchev–Trinajstić information content (AvgIpc) is 2.25. The molecule has 0 saturated heterocycles. The van der Waals surface area contributed by atoms with Crippen molar-refractivity contribution in [2.24, 2.45) is 0 Å². The van der Waals surface area contributed by atoms with Crippen LogP contribution in [-0.4, -0.2) is 9.55 Å². The third kappa shape index (κ3) is 2.13. The van der Waals surface area contributed by atoms with E-state index < -0.39 is 0 Å². The number of hydrogen-bond donors (Lipinski definition) is 0. The fraction of sp³-hybridized carbons (Fsp3) is 0.167. The van der Waals surface area contributed by atoms with Gasteiger partial charge in [0.15, 0.2) is 0 Å². The number of rotatable bonds is 2. The molecule has 3 nitrogen and oxygen atoms in total. The summed E-state index contributed by atoms with van der Waals surface area (Å²) in [6, 6.07) is 11.0. The molecule has 15 heavy (non-hydrogen) atoms. The normalized spacial score (nSPS) is 10.2. The van der Waals surface area contributed by atoms with E-state index in [-0.39, 0.29) is 5.56 Å². The van der Waals surface area contributed by atoms with Gasteiger partial charge in [0, 0.05) is 18.0 Å². The molecule has 3 heteroatoms. The van der Waals surface area contributed by atoms with Crippen molar-refractivity contribution in [1.29, 1.82) is 0 Å². The lowest BCUT2D eigenvalue weighted by Crippen LogP contribution is -2.21. The first-order valence-electron chi connectivity index (χ1n) is 4.84. The summed E-state index contributed by atoms with van der Waals surface area (Å²) in [7, 11) is 0. The minimum Gasteiger partial charge on any atom is -0.307 e. The standard InChI is InChI=1S/C12H12N2O/c1-10-5-4-7-12(15)14(10)9-11-6-2-3-8-13-11/h2-8H,9H2,1H3. The molecule has 2 aromatic heterocycles. The molecule has 0 aliphatic rings. The minimum atomic E-state index is 0.0145. The molecule has 0 aliphatic carbocycles. The van der Waals surface area contributed by atoms with Crippen molar-refractivity contribution in [3.8, 4) is 0 Å². The minimum absolute atomic E-state index is 0.0145. The van der Waals surface area contributed by atoms with Gasteiger partial charge >= 0.3 is 0 Å². The van der Waals surface area contributed by atoms with E-state index in [0.717, 1.165) is 11.4 Å². The van der Waals surface area contributed by atoms with Gasteiger partial charge in [-0.3, -0.25) is 9.78 Å². The Morgan fingerprint density at radius 2 is 2.07 bits per heavy atom. The summed E-state index contributed by atoms with van der Waals surface area (Å²) < 4.78 is 1.71. The number of pyridine rings is 2. The first kappa shape index (κ1) is 9.65. The molecule has 0 bridgehead atoms. The van der Waals surface area contributed by atoms with E-state index in [0.29, 0.717) is 6.54 Å². The molecule has 0 fully saturated rings. The summed E-state index contributed by atoms with van der Waals surface area (Å²) in [5.74, 6) is 0. The zero-order valence-corrected chi connectivity index (χ0v) is 8.55. The molecule has 2 rings (SSSR count). The topological polar surface area (TPSA) is 34.9 Å². The second-order valence-electron chi connectivity index (χ2n) is 3.41. The molecule has 76 valence electrons. The largest absolute Gasteiger partial charge is 0.307 e. The van der Waals surface area contributed by atoms with Crippen LogP contribution in [0.15, 0.2) is 47.4 Å². The Hall–Kier alpha value is -1.90. The quantitative estimate of drug-likeness (QED) is 0.738. The third-order valence-corrected chi connectivity index (χ3v) is 2.31. The second-order valence-corrected chi connectivity index (χ2v) is 3.41. The summed E-state index contributed by atoms with van der Waals surface area (Å²) in [6.07, 6.45) is 1.73. The van der Waals surface area contributed by atoms with Gasteiger partial charge in [0.2, 0.25) is 0 Å². The summed E-state index contributed by atoms with van der Waals surface area (Å²) >= 11 is 0. The maximum atomic E-state index is 11.6. The fourth-order valence-electron chi connectivity index (χ4n) is 1.48. The smallest absolute Gasteiger partial charge is 0.251 e. The zero-order chi connectivity index (χ0) is 10.7. The van der Waals surface area contributed by atoms with E-state index in [2.05, 4.69) is 4.98 Å². The third-order valence-electron chi connectivity index (χ3n) is 2.31. The number of aryl methyl sites for hydroxylation is 1. The maximum absolute atomic E-state index is 11.6. The van der Waals surface area contributed by atoms with Crippen LogP contribution in [0.5, 0.6) is 0 Å². The molecule has 0 aromatic carbocycles. The molecule has 2 aromatic rings. The van der Waals surface area contributed by atoms with Crippen molar-refractivity contribution in [2.45, 2.75) is 13.5 Å². The van der Waals surface area contributed by atoms with Crippen molar-refractivity contribution in [3.05, 3.63) is 64.3 Å². The van der Waals surface area contributed by atoms with Crippen molar-refractivity contribution < 1.29 is 0 Å². The average molecular weight is 200 g/mol. The van der Waals surface area contributed by atoms with Gasteiger partial charge in [-0.1, -0.05) is 12.1 Å². The fourth-order valence-corrected chi connectivity index (χ4v) is 1.48. The van der Waals surface area contributed by atoms with Gasteiger partial charge in [-0.2, -0.15) is 0 Å². The van der Waals surface area contributed by atoms with Gasteiger partial charge in [-0.25, -0.2) is 0 Å². The van der Waals surface area contributed by atoms with Crippen LogP contribution in [-0.2, 0) is 6.54 Å². The highest BCUT2D eigenvalue weighted by atomic mass is 16.1. The van der Waals surface area contributed by atoms with Crippen LogP contribution in [0.4, 0.5) is 0 Å². The van der Waals surface area contributed by atoms with E-state index in [1.165, 1.54) is 0 Å². The molecule has 0 N–H and O–H groups in total. The molecule has 0 atom stereocenters. The molecule has 0 unspecified atom stereocenters. The highest BCUT2D eigenvalue weighted by Crippen LogP contribution is 1.99. The van der Waals surface area contributed by atoms with Gasteiger partial charge in [-0.05, 0) is 25.1 Å². The summed E-state index contributed by atoms with van der Waals surface area (Å²) in [5, 5.41) is 0. The molecular formula is C12H12N2O. The maximum Gasteiger partial charge on any atom is 0.251 e. The van der Waals surface area contributed by atoms with Crippen molar-refractivity contribution in [3.63, 3.8) is 0 Å². The van der Waals surface area contributed by atoms with E-state index in [4.69, 9.17) is 0 Å². The summed E-state index contributed by atoms with van der Waals surface area (Å²) in [4.78, 5) is 15.8. The van der Waals surface area contributed by atoms with Crippen LogP contribution >= 0.6 is 0 Å². The molecule has 0 amide bonds. The van der Waals surface area contributed by atoms with Crippen molar-refractivity contribution >= 4 is 0 Å². The van der Waals surface area contributed by atoms with Crippen molar-refractivity contribution in [1.82, 2.24) is 9.55 Å². The van der Waals surface area contributed by atoms with E-state index in [1.807, 2.05) is 31.2 Å². The van der Waals surface area contributed by atoms with Gasteiger partial charge < -0.3 is 4.57 Å². The van der Waals surface area contributed by atoms with Gasteiger partial charge in [0.05, 0.1) is 12.2 Å². The highest BCUT2D eigenvalue weighted by Gasteiger charge is 2.00. The first-order valence-corrected chi connectivity index (χ1v) is 4.84. The lowest BCUT2D eigenvalue weighted by atomic mass is 10.3. The Kier molecular flexibility index (Phi) is 2.63. The Labute approximate surface area is 88.0 Å². The van der Waals surface area contributed by atoms with Crippen molar-refractivity contribution in [2.75, 3.05) is 0 Å². The monoisotopic (exact) mass is 200 g/mol. The van der Waals surface area contributed by atoms with E-state index >= 15 is 0 Å². The first-order chi connectivity index (χ1) is 7.27. The number of nitrogens with zero attached hydrogens (tertiary/aromatic N) is 2.